The zero-order valence-electron chi connectivity index (χ0n) is 9.82. The molecule has 0 aromatic rings. The lowest BCUT2D eigenvalue weighted by atomic mass is 9.99. The molecule has 0 radical (unpaired) electrons. The smallest absolute Gasteiger partial charge is 0.303 e. The molecule has 0 bridgehead atoms. The summed E-state index contributed by atoms with van der Waals surface area (Å²) in [7, 11) is 0. The number of carbonyl (C=O) groups is 1. The van der Waals surface area contributed by atoms with Gasteiger partial charge in [0.25, 0.3) is 0 Å². The number of nitrogens with zero attached hydrogens (tertiary/aromatic N) is 1. The van der Waals surface area contributed by atoms with Crippen molar-refractivity contribution in [2.45, 2.75) is 50.6 Å². The molecule has 0 amide bonds. The van der Waals surface area contributed by atoms with Gasteiger partial charge in [0.2, 0.25) is 0 Å². The van der Waals surface area contributed by atoms with Crippen molar-refractivity contribution in [3.63, 3.8) is 0 Å². The summed E-state index contributed by atoms with van der Waals surface area (Å²) in [6, 6.07) is 1.33. The highest BCUT2D eigenvalue weighted by Crippen LogP contribution is 2.26. The topological polar surface area (TPSA) is 52.6 Å². The number of piperidine rings is 1. The second-order valence-electron chi connectivity index (χ2n) is 4.95. The van der Waals surface area contributed by atoms with Crippen molar-refractivity contribution in [2.24, 2.45) is 0 Å². The van der Waals surface area contributed by atoms with Crippen LogP contribution in [-0.2, 0) is 4.79 Å². The zero-order chi connectivity index (χ0) is 11.4. The highest BCUT2D eigenvalue weighted by Gasteiger charge is 2.34. The molecule has 4 heteroatoms. The Hall–Kier alpha value is -0.610. The fourth-order valence-corrected chi connectivity index (χ4v) is 3.01. The maximum Gasteiger partial charge on any atom is 0.303 e. The molecule has 0 spiro atoms. The summed E-state index contributed by atoms with van der Waals surface area (Å²) >= 11 is 0. The maximum absolute atomic E-state index is 10.4. The van der Waals surface area contributed by atoms with E-state index in [2.05, 4.69) is 10.2 Å². The van der Waals surface area contributed by atoms with Crippen LogP contribution in [0, 0.1) is 0 Å². The third-order valence-corrected chi connectivity index (χ3v) is 3.83. The summed E-state index contributed by atoms with van der Waals surface area (Å²) in [5.41, 5.74) is 0. The van der Waals surface area contributed by atoms with E-state index in [0.29, 0.717) is 6.04 Å². The van der Waals surface area contributed by atoms with Crippen molar-refractivity contribution in [3.05, 3.63) is 0 Å². The van der Waals surface area contributed by atoms with Crippen LogP contribution in [0.1, 0.15) is 38.5 Å². The highest BCUT2D eigenvalue weighted by molar-refractivity contribution is 5.66. The van der Waals surface area contributed by atoms with Gasteiger partial charge in [-0.15, -0.1) is 0 Å². The Bertz CT molecular complexity index is 245. The van der Waals surface area contributed by atoms with Gasteiger partial charge in [0, 0.05) is 25.0 Å². The second-order valence-corrected chi connectivity index (χ2v) is 4.95. The van der Waals surface area contributed by atoms with Gasteiger partial charge in [-0.2, -0.15) is 0 Å². The summed E-state index contributed by atoms with van der Waals surface area (Å²) in [5.74, 6) is -0.687. The Labute approximate surface area is 97.0 Å². The molecule has 0 saturated carbocycles. The first-order valence-corrected chi connectivity index (χ1v) is 6.46. The van der Waals surface area contributed by atoms with Gasteiger partial charge >= 0.3 is 5.97 Å². The first-order valence-electron chi connectivity index (χ1n) is 6.46. The van der Waals surface area contributed by atoms with Gasteiger partial charge in [-0.3, -0.25) is 9.69 Å². The fraction of sp³-hybridized carbons (Fsp3) is 0.917. The second kappa shape index (κ2) is 5.64. The van der Waals surface area contributed by atoms with Crippen LogP contribution < -0.4 is 5.32 Å². The van der Waals surface area contributed by atoms with Crippen LogP contribution in [0.3, 0.4) is 0 Å². The van der Waals surface area contributed by atoms with E-state index >= 15 is 0 Å². The molecule has 92 valence electrons. The SMILES string of the molecule is O=C(O)CCCNC1CCN2CCCCC12. The molecule has 0 aromatic heterocycles. The highest BCUT2D eigenvalue weighted by atomic mass is 16.4. The van der Waals surface area contributed by atoms with Gasteiger partial charge in [0.1, 0.15) is 0 Å². The number of hydrogen-bond donors (Lipinski definition) is 2. The quantitative estimate of drug-likeness (QED) is 0.688. The average molecular weight is 226 g/mol. The van der Waals surface area contributed by atoms with Crippen molar-refractivity contribution in [2.75, 3.05) is 19.6 Å². The van der Waals surface area contributed by atoms with E-state index in [1.807, 2.05) is 0 Å². The minimum absolute atomic E-state index is 0.286. The molecule has 2 heterocycles. The van der Waals surface area contributed by atoms with E-state index in [4.69, 9.17) is 5.11 Å². The molecule has 0 aromatic carbocycles. The van der Waals surface area contributed by atoms with Gasteiger partial charge in [0.15, 0.2) is 0 Å². The van der Waals surface area contributed by atoms with Crippen LogP contribution in [-0.4, -0.2) is 47.7 Å². The predicted molar refractivity (Wildman–Crippen MR) is 62.5 cm³/mol. The molecule has 2 aliphatic rings. The van der Waals surface area contributed by atoms with E-state index in [0.717, 1.165) is 19.0 Å². The Morgan fingerprint density at radius 2 is 2.19 bits per heavy atom. The Balaban J connectivity index is 1.67. The first-order chi connectivity index (χ1) is 7.77. The molecular weight excluding hydrogens is 204 g/mol. The monoisotopic (exact) mass is 226 g/mol. The summed E-state index contributed by atoms with van der Waals surface area (Å²) in [4.78, 5) is 13.0. The molecule has 2 fully saturated rings. The van der Waals surface area contributed by atoms with Crippen molar-refractivity contribution in [1.82, 2.24) is 10.2 Å². The Kier molecular flexibility index (Phi) is 4.18. The summed E-state index contributed by atoms with van der Waals surface area (Å²) in [6.45, 7) is 3.33. The van der Waals surface area contributed by atoms with Crippen LogP contribution in [0.5, 0.6) is 0 Å². The van der Waals surface area contributed by atoms with Crippen LogP contribution in [0.15, 0.2) is 0 Å². The lowest BCUT2D eigenvalue weighted by molar-refractivity contribution is -0.137. The average Bonchev–Trinajstić information content (AvgIpc) is 2.68. The summed E-state index contributed by atoms with van der Waals surface area (Å²) in [5, 5.41) is 12.1. The molecular formula is C12H22N2O2. The molecule has 2 rings (SSSR count). The van der Waals surface area contributed by atoms with Gasteiger partial charge in [-0.25, -0.2) is 0 Å². The summed E-state index contributed by atoms with van der Waals surface area (Å²) < 4.78 is 0. The largest absolute Gasteiger partial charge is 0.481 e. The minimum Gasteiger partial charge on any atom is -0.481 e. The van der Waals surface area contributed by atoms with Gasteiger partial charge < -0.3 is 10.4 Å². The fourth-order valence-electron chi connectivity index (χ4n) is 3.01. The van der Waals surface area contributed by atoms with E-state index in [1.54, 1.807) is 0 Å². The first kappa shape index (κ1) is 11.9. The van der Waals surface area contributed by atoms with Crippen molar-refractivity contribution in [3.8, 4) is 0 Å². The van der Waals surface area contributed by atoms with Crippen LogP contribution in [0.25, 0.3) is 0 Å². The van der Waals surface area contributed by atoms with Gasteiger partial charge in [-0.1, -0.05) is 6.42 Å². The third kappa shape index (κ3) is 2.95. The minimum atomic E-state index is -0.687. The molecule has 2 aliphatic heterocycles. The molecule has 2 unspecified atom stereocenters. The van der Waals surface area contributed by atoms with E-state index in [9.17, 15) is 4.79 Å². The molecule has 0 aliphatic carbocycles. The molecule has 2 saturated heterocycles. The lowest BCUT2D eigenvalue weighted by Crippen LogP contribution is -2.45. The van der Waals surface area contributed by atoms with Gasteiger partial charge in [-0.05, 0) is 38.8 Å². The number of fused-ring (bicyclic) bond motifs is 1. The Morgan fingerprint density at radius 3 is 3.00 bits per heavy atom. The zero-order valence-corrected chi connectivity index (χ0v) is 9.82. The van der Waals surface area contributed by atoms with Crippen molar-refractivity contribution < 1.29 is 9.90 Å². The molecule has 16 heavy (non-hydrogen) atoms. The standard InChI is InChI=1S/C12H22N2O2/c15-12(16)5-3-7-13-10-6-9-14-8-2-1-4-11(10)14/h10-11,13H,1-9H2,(H,15,16). The number of carboxylic acid groups (broad SMARTS) is 1. The normalized spacial score (nSPS) is 30.2. The number of hydrogen-bond acceptors (Lipinski definition) is 3. The van der Waals surface area contributed by atoms with Crippen LogP contribution >= 0.6 is 0 Å². The number of aliphatic carboxylic acids is 1. The molecule has 2 N–H and O–H groups in total. The predicted octanol–water partition coefficient (Wildman–Crippen LogP) is 1.07. The van der Waals surface area contributed by atoms with Crippen molar-refractivity contribution >= 4 is 5.97 Å². The van der Waals surface area contributed by atoms with Crippen molar-refractivity contribution in [1.29, 1.82) is 0 Å². The van der Waals surface area contributed by atoms with Crippen LogP contribution in [0.2, 0.25) is 0 Å². The van der Waals surface area contributed by atoms with Gasteiger partial charge in [0.05, 0.1) is 0 Å². The lowest BCUT2D eigenvalue weighted by Gasteiger charge is -2.32. The Morgan fingerprint density at radius 1 is 1.31 bits per heavy atom. The van der Waals surface area contributed by atoms with E-state index in [1.165, 1.54) is 38.8 Å². The number of nitrogens with one attached hydrogen (secondary N) is 1. The number of carboxylic acids is 1. The number of rotatable bonds is 5. The van der Waals surface area contributed by atoms with E-state index < -0.39 is 5.97 Å². The maximum atomic E-state index is 10.4. The molecule has 2 atom stereocenters. The summed E-state index contributed by atoms with van der Waals surface area (Å²) in [6.07, 6.45) is 6.29. The third-order valence-electron chi connectivity index (χ3n) is 3.83. The van der Waals surface area contributed by atoms with Crippen LogP contribution in [0.4, 0.5) is 0 Å². The van der Waals surface area contributed by atoms with E-state index in [-0.39, 0.29) is 6.42 Å². The molecule has 4 nitrogen and oxygen atoms in total.